The molecule has 2 heterocycles. The van der Waals surface area contributed by atoms with Crippen molar-refractivity contribution in [2.75, 3.05) is 13.1 Å². The number of hydrogen-bond donors (Lipinski definition) is 0. The topological polar surface area (TPSA) is 82.1 Å². The second-order valence-corrected chi connectivity index (χ2v) is 14.2. The van der Waals surface area contributed by atoms with Crippen molar-refractivity contribution in [2.24, 2.45) is 46.3 Å². The van der Waals surface area contributed by atoms with Gasteiger partial charge in [0.15, 0.2) is 0 Å². The molecule has 6 rings (SSSR count). The van der Waals surface area contributed by atoms with Gasteiger partial charge in [0.25, 0.3) is 0 Å². The van der Waals surface area contributed by atoms with Crippen LogP contribution >= 0.6 is 0 Å². The first-order valence-electron chi connectivity index (χ1n) is 15.2. The van der Waals surface area contributed by atoms with Gasteiger partial charge in [-0.1, -0.05) is 38.2 Å². The van der Waals surface area contributed by atoms with Crippen LogP contribution in [0.4, 0.5) is 0 Å². The molecule has 10 atom stereocenters. The molecule has 0 aromatic heterocycles. The summed E-state index contributed by atoms with van der Waals surface area (Å²) in [6.45, 7) is 15.3. The largest absolute Gasteiger partial charge is 0.462 e. The molecule has 2 aliphatic heterocycles. The van der Waals surface area contributed by atoms with Crippen molar-refractivity contribution in [1.82, 2.24) is 5.06 Å². The normalized spacial score (nSPS) is 45.1. The van der Waals surface area contributed by atoms with E-state index in [0.29, 0.717) is 11.8 Å². The number of esters is 2. The first-order valence-corrected chi connectivity index (χ1v) is 15.2. The minimum atomic E-state index is -0.449. The second-order valence-electron chi connectivity index (χ2n) is 14.2. The molecule has 4 saturated carbocycles. The number of hydrogen-bond acceptors (Lipinski definition) is 7. The van der Waals surface area contributed by atoms with E-state index in [1.54, 1.807) is 5.06 Å². The minimum Gasteiger partial charge on any atom is -0.462 e. The predicted molar refractivity (Wildman–Crippen MR) is 145 cm³/mol. The molecule has 0 aromatic rings. The minimum absolute atomic E-state index is 0.0627. The Bertz CT molecular complexity index is 1010. The van der Waals surface area contributed by atoms with Gasteiger partial charge in [-0.05, 0) is 86.9 Å². The Morgan fingerprint density at radius 3 is 1.72 bits per heavy atom. The zero-order valence-corrected chi connectivity index (χ0v) is 23.9. The number of fused-ring (bicyclic) bond motifs is 4. The number of carbonyl (C=O) groups is 3. The average Bonchev–Trinajstić information content (AvgIpc) is 3.30. The molecule has 6 fully saturated rings. The fourth-order valence-corrected chi connectivity index (χ4v) is 9.70. The Hall–Kier alpha value is -2.15. The molecule has 0 amide bonds. The Balaban J connectivity index is 1.19. The molecule has 7 heteroatoms. The van der Waals surface area contributed by atoms with Crippen LogP contribution in [0.1, 0.15) is 85.0 Å². The lowest BCUT2D eigenvalue weighted by Crippen LogP contribution is -2.47. The lowest BCUT2D eigenvalue weighted by Gasteiger charge is -2.50. The maximum Gasteiger partial charge on any atom is 0.322 e. The van der Waals surface area contributed by atoms with Gasteiger partial charge in [0.2, 0.25) is 0 Å². The van der Waals surface area contributed by atoms with E-state index in [1.807, 2.05) is 0 Å². The van der Waals surface area contributed by atoms with Gasteiger partial charge in [-0.25, -0.2) is 0 Å². The van der Waals surface area contributed by atoms with E-state index >= 15 is 0 Å². The van der Waals surface area contributed by atoms with Crippen LogP contribution in [-0.4, -0.2) is 48.3 Å². The van der Waals surface area contributed by atoms with Gasteiger partial charge in [-0.2, -0.15) is 0 Å². The van der Waals surface area contributed by atoms with Crippen molar-refractivity contribution in [3.05, 3.63) is 24.3 Å². The van der Waals surface area contributed by atoms with Gasteiger partial charge in [-0.3, -0.25) is 14.4 Å². The second kappa shape index (κ2) is 9.74. The summed E-state index contributed by atoms with van der Waals surface area (Å²) in [7, 11) is 0. The van der Waals surface area contributed by atoms with Crippen LogP contribution in [0.2, 0.25) is 0 Å². The fraction of sp³-hybridized carbons (Fsp3) is 0.781. The van der Waals surface area contributed by atoms with E-state index in [4.69, 9.17) is 14.3 Å². The Kier molecular flexibility index (Phi) is 6.76. The van der Waals surface area contributed by atoms with Gasteiger partial charge in [0.05, 0.1) is 11.8 Å². The monoisotopic (exact) mass is 539 g/mol. The number of rotatable bonds is 5. The molecular weight excluding hydrogens is 494 g/mol. The Morgan fingerprint density at radius 1 is 0.872 bits per heavy atom. The summed E-state index contributed by atoms with van der Waals surface area (Å²) in [4.78, 5) is 44.2. The molecule has 6 aliphatic rings. The molecule has 4 aliphatic carbocycles. The van der Waals surface area contributed by atoms with E-state index in [1.165, 1.54) is 18.1 Å². The summed E-state index contributed by atoms with van der Waals surface area (Å²) in [5.41, 5.74) is 2.85. The highest BCUT2D eigenvalue weighted by molar-refractivity contribution is 5.77. The van der Waals surface area contributed by atoms with E-state index in [-0.39, 0.29) is 59.9 Å². The number of ether oxygens (including phenoxy) is 2. The Labute approximate surface area is 232 Å². The predicted octanol–water partition coefficient (Wildman–Crippen LogP) is 5.39. The quantitative estimate of drug-likeness (QED) is 0.263. The van der Waals surface area contributed by atoms with Crippen LogP contribution in [0.3, 0.4) is 0 Å². The van der Waals surface area contributed by atoms with Gasteiger partial charge in [0.1, 0.15) is 12.2 Å². The standard InChI is InChI=1S/C32H45NO6/c1-18-8-6-10-31(4)14-27-21(12-25(18)31)23(29(35)37-27)16-33(39-20(3)34)17-24-22-13-26-19(2)9-7-11-32(26,5)15-28(22)38-30(24)36/h21-28H,1-2,6-17H2,3-5H3/t21-,22+,23+,24-,25+,26-,27-,28+,31+,32-. The van der Waals surface area contributed by atoms with Crippen LogP contribution < -0.4 is 0 Å². The number of allylic oxidation sites excluding steroid dienone is 2. The van der Waals surface area contributed by atoms with E-state index in [2.05, 4.69) is 27.0 Å². The number of carbonyl (C=O) groups excluding carboxylic acids is 3. The summed E-state index contributed by atoms with van der Waals surface area (Å²) in [5, 5.41) is 1.57. The molecule has 0 N–H and O–H groups in total. The molecule has 0 unspecified atom stereocenters. The summed E-state index contributed by atoms with van der Waals surface area (Å²) < 4.78 is 11.9. The SMILES string of the molecule is C=C1CCC[C@]2(C)C[C@@H]3OC(=O)[C@H](CN(C[C@@H]4C(=O)O[C@@H]5C[C@]6(C)CCCC(=C)[C@@H]6C[C@H]45)OC(C)=O)[C@@H]3C[C@H]12. The van der Waals surface area contributed by atoms with Gasteiger partial charge in [0, 0.05) is 31.8 Å². The third-order valence-electron chi connectivity index (χ3n) is 11.7. The highest BCUT2D eigenvalue weighted by Gasteiger charge is 2.58. The Morgan fingerprint density at radius 2 is 1.31 bits per heavy atom. The number of hydroxylamine groups is 2. The molecule has 7 nitrogen and oxygen atoms in total. The maximum atomic E-state index is 13.2. The summed E-state index contributed by atoms with van der Waals surface area (Å²) in [6.07, 6.45) is 9.94. The zero-order valence-electron chi connectivity index (χ0n) is 23.9. The third kappa shape index (κ3) is 4.66. The van der Waals surface area contributed by atoms with Crippen LogP contribution in [-0.2, 0) is 28.7 Å². The molecule has 0 bridgehead atoms. The van der Waals surface area contributed by atoms with Crippen molar-refractivity contribution in [1.29, 1.82) is 0 Å². The first-order chi connectivity index (χ1) is 18.5. The van der Waals surface area contributed by atoms with Crippen LogP contribution in [0, 0.1) is 46.3 Å². The van der Waals surface area contributed by atoms with Crippen LogP contribution in [0.15, 0.2) is 24.3 Å². The van der Waals surface area contributed by atoms with E-state index < -0.39 is 17.8 Å². The van der Waals surface area contributed by atoms with E-state index in [0.717, 1.165) is 64.2 Å². The van der Waals surface area contributed by atoms with Gasteiger partial charge in [-0.15, -0.1) is 5.06 Å². The molecule has 0 spiro atoms. The molecule has 214 valence electrons. The highest BCUT2D eigenvalue weighted by atomic mass is 16.7. The van der Waals surface area contributed by atoms with Gasteiger partial charge < -0.3 is 14.3 Å². The average molecular weight is 540 g/mol. The highest BCUT2D eigenvalue weighted by Crippen LogP contribution is 2.58. The van der Waals surface area contributed by atoms with E-state index in [9.17, 15) is 14.4 Å². The fourth-order valence-electron chi connectivity index (χ4n) is 9.70. The summed E-state index contributed by atoms with van der Waals surface area (Å²) in [6, 6.07) is 0. The van der Waals surface area contributed by atoms with Crippen molar-refractivity contribution in [3.8, 4) is 0 Å². The molecule has 39 heavy (non-hydrogen) atoms. The molecule has 0 aromatic carbocycles. The van der Waals surface area contributed by atoms with Gasteiger partial charge >= 0.3 is 17.9 Å². The number of nitrogens with zero attached hydrogens (tertiary/aromatic N) is 1. The van der Waals surface area contributed by atoms with Crippen molar-refractivity contribution < 1.29 is 28.7 Å². The lowest BCUT2D eigenvalue weighted by molar-refractivity contribution is -0.197. The van der Waals surface area contributed by atoms with Crippen molar-refractivity contribution in [2.45, 2.75) is 97.2 Å². The molecule has 0 radical (unpaired) electrons. The first kappa shape index (κ1) is 27.0. The summed E-state index contributed by atoms with van der Waals surface area (Å²) >= 11 is 0. The van der Waals surface area contributed by atoms with Crippen LogP contribution in [0.5, 0.6) is 0 Å². The van der Waals surface area contributed by atoms with Crippen molar-refractivity contribution in [3.63, 3.8) is 0 Å². The molecular formula is C32H45NO6. The van der Waals surface area contributed by atoms with Crippen molar-refractivity contribution >= 4 is 17.9 Å². The van der Waals surface area contributed by atoms with Crippen LogP contribution in [0.25, 0.3) is 0 Å². The zero-order chi connectivity index (χ0) is 27.7. The molecule has 2 saturated heterocycles. The lowest BCUT2D eigenvalue weighted by atomic mass is 9.55. The summed E-state index contributed by atoms with van der Waals surface area (Å²) in [5.74, 6) is -0.767. The maximum absolute atomic E-state index is 13.2. The third-order valence-corrected chi connectivity index (χ3v) is 11.7. The smallest absolute Gasteiger partial charge is 0.322 e.